The lowest BCUT2D eigenvalue weighted by Crippen LogP contribution is -2.46. The Bertz CT molecular complexity index is 1180. The lowest BCUT2D eigenvalue weighted by atomic mass is 9.71. The average molecular weight is 442 g/mol. The molecule has 4 rings (SSSR count). The summed E-state index contributed by atoms with van der Waals surface area (Å²) in [5, 5.41) is 0. The molecule has 0 saturated heterocycles. The van der Waals surface area contributed by atoms with Crippen molar-refractivity contribution < 1.29 is 19.1 Å². The molecule has 3 aromatic rings. The molecule has 1 atom stereocenters. The molecule has 1 aliphatic heterocycles. The number of nitrogens with zero attached hydrogens (tertiary/aromatic N) is 1. The third kappa shape index (κ3) is 4.19. The zero-order valence-corrected chi connectivity index (χ0v) is 19.1. The molecular weight excluding hydrogens is 414 g/mol. The quantitative estimate of drug-likeness (QED) is 0.461. The Morgan fingerprint density at radius 2 is 1.42 bits per heavy atom. The average Bonchev–Trinajstić information content (AvgIpc) is 3.06. The van der Waals surface area contributed by atoms with Crippen LogP contribution in [0.15, 0.2) is 84.9 Å². The standard InChI is InChI=1S/C28H27NO4/c1-27(2,3)33-26(32)29-23-17-11-10-16-22(23)28(25(29)31,21-14-8-5-9-15-21)19-18-24(30)20-12-6-4-7-13-20/h4-17H,18-19H2,1-3H3/t28-/m0/s1. The Morgan fingerprint density at radius 1 is 0.848 bits per heavy atom. The maximum atomic E-state index is 14.1. The van der Waals surface area contributed by atoms with E-state index in [0.29, 0.717) is 16.8 Å². The normalized spacial score (nSPS) is 17.5. The van der Waals surface area contributed by atoms with Gasteiger partial charge >= 0.3 is 6.09 Å². The highest BCUT2D eigenvalue weighted by Gasteiger charge is 2.54. The number of hydrogen-bond donors (Lipinski definition) is 0. The number of Topliss-reactive ketones (excluding diaryl/α,β-unsaturated/α-hetero) is 1. The van der Waals surface area contributed by atoms with Crippen molar-refractivity contribution in [3.63, 3.8) is 0 Å². The largest absolute Gasteiger partial charge is 0.443 e. The van der Waals surface area contributed by atoms with Crippen LogP contribution >= 0.6 is 0 Å². The molecule has 0 aromatic heterocycles. The molecular formula is C28H27NO4. The predicted molar refractivity (Wildman–Crippen MR) is 127 cm³/mol. The number of ketones is 1. The van der Waals surface area contributed by atoms with Crippen molar-refractivity contribution in [2.75, 3.05) is 4.90 Å². The molecule has 0 saturated carbocycles. The molecule has 168 valence electrons. The first-order chi connectivity index (χ1) is 15.7. The van der Waals surface area contributed by atoms with Crippen molar-refractivity contribution in [2.45, 2.75) is 44.6 Å². The minimum Gasteiger partial charge on any atom is -0.443 e. The molecule has 2 amide bonds. The zero-order chi connectivity index (χ0) is 23.6. The first-order valence-corrected chi connectivity index (χ1v) is 11.0. The number of carbonyl (C=O) groups excluding carboxylic acids is 3. The zero-order valence-electron chi connectivity index (χ0n) is 19.1. The van der Waals surface area contributed by atoms with E-state index in [4.69, 9.17) is 4.74 Å². The van der Waals surface area contributed by atoms with Gasteiger partial charge in [0.15, 0.2) is 5.78 Å². The van der Waals surface area contributed by atoms with Gasteiger partial charge in [-0.05, 0) is 44.4 Å². The molecule has 0 bridgehead atoms. The first kappa shape index (κ1) is 22.5. The van der Waals surface area contributed by atoms with Crippen LogP contribution in [0, 0.1) is 0 Å². The van der Waals surface area contributed by atoms with Crippen LogP contribution in [0.25, 0.3) is 0 Å². The smallest absolute Gasteiger partial charge is 0.421 e. The number of hydrogen-bond acceptors (Lipinski definition) is 4. The Kier molecular flexibility index (Phi) is 5.90. The number of ether oxygens (including phenoxy) is 1. The van der Waals surface area contributed by atoms with Gasteiger partial charge in [0, 0.05) is 12.0 Å². The van der Waals surface area contributed by atoms with Crippen LogP contribution in [0.1, 0.15) is 55.1 Å². The van der Waals surface area contributed by atoms with Crippen molar-refractivity contribution in [2.24, 2.45) is 0 Å². The van der Waals surface area contributed by atoms with Crippen LogP contribution in [0.4, 0.5) is 10.5 Å². The van der Waals surface area contributed by atoms with Gasteiger partial charge in [-0.25, -0.2) is 9.69 Å². The molecule has 0 fully saturated rings. The van der Waals surface area contributed by atoms with Crippen LogP contribution in [-0.2, 0) is 14.9 Å². The van der Waals surface area contributed by atoms with E-state index in [1.54, 1.807) is 45.0 Å². The fourth-order valence-electron chi connectivity index (χ4n) is 4.39. The monoisotopic (exact) mass is 441 g/mol. The van der Waals surface area contributed by atoms with Gasteiger partial charge in [0.1, 0.15) is 11.0 Å². The Labute approximate surface area is 194 Å². The van der Waals surface area contributed by atoms with Crippen LogP contribution in [-0.4, -0.2) is 23.4 Å². The molecule has 5 nitrogen and oxygen atoms in total. The maximum absolute atomic E-state index is 14.1. The SMILES string of the molecule is CC(C)(C)OC(=O)N1C(=O)[C@@](CCC(=O)c2ccccc2)(c2ccccc2)c2ccccc21. The molecule has 0 aliphatic carbocycles. The van der Waals surface area contributed by atoms with Crippen molar-refractivity contribution in [1.82, 2.24) is 0 Å². The lowest BCUT2D eigenvalue weighted by Gasteiger charge is -2.30. The third-order valence-corrected chi connectivity index (χ3v) is 5.84. The van der Waals surface area contributed by atoms with Gasteiger partial charge in [-0.1, -0.05) is 78.9 Å². The van der Waals surface area contributed by atoms with Gasteiger partial charge in [0.25, 0.3) is 5.91 Å². The Morgan fingerprint density at radius 3 is 2.06 bits per heavy atom. The predicted octanol–water partition coefficient (Wildman–Crippen LogP) is 5.92. The second-order valence-electron chi connectivity index (χ2n) is 9.20. The molecule has 1 aliphatic rings. The van der Waals surface area contributed by atoms with E-state index < -0.39 is 23.0 Å². The second kappa shape index (κ2) is 8.66. The van der Waals surface area contributed by atoms with E-state index in [1.807, 2.05) is 60.7 Å². The van der Waals surface area contributed by atoms with Crippen molar-refractivity contribution >= 4 is 23.5 Å². The molecule has 0 N–H and O–H groups in total. The van der Waals surface area contributed by atoms with Crippen LogP contribution in [0.2, 0.25) is 0 Å². The minimum absolute atomic E-state index is 0.0492. The molecule has 5 heteroatoms. The summed E-state index contributed by atoms with van der Waals surface area (Å²) in [5.74, 6) is -0.447. The van der Waals surface area contributed by atoms with E-state index in [9.17, 15) is 14.4 Å². The fourth-order valence-corrected chi connectivity index (χ4v) is 4.39. The highest BCUT2D eigenvalue weighted by Crippen LogP contribution is 2.49. The second-order valence-corrected chi connectivity index (χ2v) is 9.20. The lowest BCUT2D eigenvalue weighted by molar-refractivity contribution is -0.121. The van der Waals surface area contributed by atoms with Gasteiger partial charge in [-0.15, -0.1) is 0 Å². The Balaban J connectivity index is 1.80. The summed E-state index contributed by atoms with van der Waals surface area (Å²) in [6.45, 7) is 5.29. The fraction of sp³-hybridized carbons (Fsp3) is 0.250. The highest BCUT2D eigenvalue weighted by molar-refractivity contribution is 6.22. The molecule has 3 aromatic carbocycles. The van der Waals surface area contributed by atoms with Gasteiger partial charge in [-0.2, -0.15) is 0 Å². The molecule has 33 heavy (non-hydrogen) atoms. The summed E-state index contributed by atoms with van der Waals surface area (Å²) in [5.41, 5.74) is 0.616. The first-order valence-electron chi connectivity index (χ1n) is 11.0. The van der Waals surface area contributed by atoms with Gasteiger partial charge in [0.2, 0.25) is 0 Å². The topological polar surface area (TPSA) is 63.7 Å². The number of fused-ring (bicyclic) bond motifs is 1. The van der Waals surface area contributed by atoms with Crippen molar-refractivity contribution in [3.8, 4) is 0 Å². The van der Waals surface area contributed by atoms with E-state index in [1.165, 1.54) is 0 Å². The summed E-state index contributed by atoms with van der Waals surface area (Å²) >= 11 is 0. The highest BCUT2D eigenvalue weighted by atomic mass is 16.6. The minimum atomic E-state index is -1.17. The third-order valence-electron chi connectivity index (χ3n) is 5.84. The molecule has 0 spiro atoms. The van der Waals surface area contributed by atoms with Gasteiger partial charge in [-0.3, -0.25) is 9.59 Å². The van der Waals surface area contributed by atoms with Crippen LogP contribution in [0.3, 0.4) is 0 Å². The number of carbonyl (C=O) groups is 3. The summed E-state index contributed by atoms with van der Waals surface area (Å²) in [4.78, 5) is 41.3. The summed E-state index contributed by atoms with van der Waals surface area (Å²) in [7, 11) is 0. The number of benzene rings is 3. The van der Waals surface area contributed by atoms with E-state index in [0.717, 1.165) is 10.5 Å². The van der Waals surface area contributed by atoms with Crippen LogP contribution in [0.5, 0.6) is 0 Å². The molecule has 0 unspecified atom stereocenters. The van der Waals surface area contributed by atoms with E-state index >= 15 is 0 Å². The van der Waals surface area contributed by atoms with Crippen molar-refractivity contribution in [1.29, 1.82) is 0 Å². The molecule has 0 radical (unpaired) electrons. The number of anilines is 1. The Hall–Kier alpha value is -3.73. The summed E-state index contributed by atoms with van der Waals surface area (Å²) < 4.78 is 5.57. The van der Waals surface area contributed by atoms with Gasteiger partial charge in [0.05, 0.1) is 5.69 Å². The van der Waals surface area contributed by atoms with Crippen molar-refractivity contribution in [3.05, 3.63) is 102 Å². The number of amides is 2. The number of rotatable bonds is 5. The summed E-state index contributed by atoms with van der Waals surface area (Å²) in [6, 6.07) is 25.6. The molecule has 1 heterocycles. The van der Waals surface area contributed by atoms with E-state index in [2.05, 4.69) is 0 Å². The van der Waals surface area contributed by atoms with Crippen LogP contribution < -0.4 is 4.90 Å². The van der Waals surface area contributed by atoms with Gasteiger partial charge < -0.3 is 4.74 Å². The summed E-state index contributed by atoms with van der Waals surface area (Å²) in [6.07, 6.45) is -0.326. The number of para-hydroxylation sites is 1. The number of imide groups is 1. The van der Waals surface area contributed by atoms with E-state index in [-0.39, 0.29) is 18.6 Å². The maximum Gasteiger partial charge on any atom is 0.421 e.